The van der Waals surface area contributed by atoms with E-state index in [-0.39, 0.29) is 12.3 Å². The van der Waals surface area contributed by atoms with Crippen molar-refractivity contribution in [1.82, 2.24) is 5.32 Å². The van der Waals surface area contributed by atoms with Crippen LogP contribution < -0.4 is 5.32 Å². The highest BCUT2D eigenvalue weighted by Crippen LogP contribution is 2.25. The number of halogens is 1. The van der Waals surface area contributed by atoms with Crippen LogP contribution in [0, 0.1) is 5.41 Å². The van der Waals surface area contributed by atoms with Crippen molar-refractivity contribution >= 4 is 23.5 Å². The Balaban J connectivity index is 2.10. The number of carboxylic acids is 1. The summed E-state index contributed by atoms with van der Waals surface area (Å²) < 4.78 is 0. The molecule has 1 amide bonds. The molecule has 0 unspecified atom stereocenters. The van der Waals surface area contributed by atoms with Gasteiger partial charge in [-0.25, -0.2) is 0 Å². The monoisotopic (exact) mass is 345 g/mol. The van der Waals surface area contributed by atoms with E-state index in [9.17, 15) is 9.59 Å². The molecule has 2 aromatic rings. The normalized spacial score (nSPS) is 11.1. The van der Waals surface area contributed by atoms with Crippen LogP contribution in [0.2, 0.25) is 5.02 Å². The summed E-state index contributed by atoms with van der Waals surface area (Å²) in [4.78, 5) is 23.1. The first-order valence-electron chi connectivity index (χ1n) is 7.63. The summed E-state index contributed by atoms with van der Waals surface area (Å²) in [6.07, 6.45) is -0.0640. The second-order valence-corrected chi connectivity index (χ2v) is 6.74. The first kappa shape index (κ1) is 18.0. The van der Waals surface area contributed by atoms with Crippen molar-refractivity contribution in [2.24, 2.45) is 5.41 Å². The van der Waals surface area contributed by atoms with E-state index < -0.39 is 11.4 Å². The Morgan fingerprint density at radius 3 is 2.33 bits per heavy atom. The average Bonchev–Trinajstić information content (AvgIpc) is 2.53. The van der Waals surface area contributed by atoms with E-state index in [4.69, 9.17) is 16.7 Å². The summed E-state index contributed by atoms with van der Waals surface area (Å²) in [6, 6.07) is 15.2. The van der Waals surface area contributed by atoms with Crippen molar-refractivity contribution < 1.29 is 14.7 Å². The first-order valence-corrected chi connectivity index (χ1v) is 8.01. The summed E-state index contributed by atoms with van der Waals surface area (Å²) in [7, 11) is 0. The minimum absolute atomic E-state index is 0.0640. The fourth-order valence-electron chi connectivity index (χ4n) is 2.32. The number of carboxylic acid groups (broad SMARTS) is 1. The predicted molar refractivity (Wildman–Crippen MR) is 94.8 cm³/mol. The molecule has 2 rings (SSSR count). The lowest BCUT2D eigenvalue weighted by Gasteiger charge is -2.18. The number of carbonyl (C=O) groups excluding carboxylic acids is 1. The second-order valence-electron chi connectivity index (χ2n) is 6.31. The van der Waals surface area contributed by atoms with Crippen LogP contribution in [0.4, 0.5) is 0 Å². The molecule has 0 aliphatic heterocycles. The van der Waals surface area contributed by atoms with Gasteiger partial charge in [0.1, 0.15) is 0 Å². The van der Waals surface area contributed by atoms with Crippen molar-refractivity contribution in [2.45, 2.75) is 26.8 Å². The zero-order valence-electron chi connectivity index (χ0n) is 13.7. The molecule has 0 radical (unpaired) electrons. The molecule has 0 fully saturated rings. The maximum Gasteiger partial charge on any atom is 0.309 e. The predicted octanol–water partition coefficient (Wildman–Crippen LogP) is 4.12. The van der Waals surface area contributed by atoms with E-state index in [2.05, 4.69) is 5.32 Å². The van der Waals surface area contributed by atoms with Gasteiger partial charge < -0.3 is 10.4 Å². The maximum atomic E-state index is 12.0. The highest BCUT2D eigenvalue weighted by Gasteiger charge is 2.30. The zero-order chi connectivity index (χ0) is 17.7. The lowest BCUT2D eigenvalue weighted by Crippen LogP contribution is -2.33. The van der Waals surface area contributed by atoms with Gasteiger partial charge >= 0.3 is 5.97 Å². The van der Waals surface area contributed by atoms with Crippen molar-refractivity contribution in [3.05, 3.63) is 59.1 Å². The zero-order valence-corrected chi connectivity index (χ0v) is 14.4. The molecule has 0 bridgehead atoms. The Bertz CT molecular complexity index is 739. The molecule has 4 nitrogen and oxygen atoms in total. The Kier molecular flexibility index (Phi) is 5.62. The quantitative estimate of drug-likeness (QED) is 0.827. The van der Waals surface area contributed by atoms with E-state index in [1.807, 2.05) is 48.5 Å². The van der Waals surface area contributed by atoms with Gasteiger partial charge in [-0.2, -0.15) is 0 Å². The Morgan fingerprint density at radius 1 is 1.08 bits per heavy atom. The number of hydrogen-bond acceptors (Lipinski definition) is 2. The molecule has 0 aromatic heterocycles. The molecule has 5 heteroatoms. The Labute approximate surface area is 146 Å². The van der Waals surface area contributed by atoms with E-state index in [0.29, 0.717) is 11.6 Å². The van der Waals surface area contributed by atoms with Crippen molar-refractivity contribution in [3.63, 3.8) is 0 Å². The molecule has 2 aromatic carbocycles. The van der Waals surface area contributed by atoms with Gasteiger partial charge in [0.2, 0.25) is 5.91 Å². The lowest BCUT2D eigenvalue weighted by molar-refractivity contribution is -0.149. The Hall–Kier alpha value is -2.33. The van der Waals surface area contributed by atoms with Crippen LogP contribution in [0.25, 0.3) is 11.1 Å². The number of aliphatic carboxylic acids is 1. The van der Waals surface area contributed by atoms with E-state index in [1.165, 1.54) is 13.8 Å². The number of hydrogen-bond donors (Lipinski definition) is 2. The van der Waals surface area contributed by atoms with Gasteiger partial charge in [-0.05, 0) is 42.7 Å². The smallest absolute Gasteiger partial charge is 0.309 e. The third-order valence-corrected chi connectivity index (χ3v) is 4.08. The molecule has 0 heterocycles. The molecule has 0 spiro atoms. The molecule has 126 valence electrons. The summed E-state index contributed by atoms with van der Waals surface area (Å²) in [5.41, 5.74) is 1.89. The molecule has 0 aliphatic rings. The van der Waals surface area contributed by atoms with Gasteiger partial charge in [-0.15, -0.1) is 0 Å². The molecule has 2 N–H and O–H groups in total. The summed E-state index contributed by atoms with van der Waals surface area (Å²) >= 11 is 5.92. The van der Waals surface area contributed by atoms with Gasteiger partial charge in [0, 0.05) is 18.0 Å². The molecule has 0 atom stereocenters. The summed E-state index contributed by atoms with van der Waals surface area (Å²) in [5, 5.41) is 12.6. The second kappa shape index (κ2) is 7.49. The number of amides is 1. The summed E-state index contributed by atoms with van der Waals surface area (Å²) in [5.74, 6) is -1.27. The standard InChI is InChI=1S/C19H20ClNO3/c1-19(2,18(23)24)11-17(22)21-12-14-5-3-4-6-16(14)13-7-9-15(20)10-8-13/h3-10H,11-12H2,1-2H3,(H,21,22)(H,23,24). The van der Waals surface area contributed by atoms with Gasteiger partial charge in [-0.1, -0.05) is 48.0 Å². The van der Waals surface area contributed by atoms with Crippen LogP contribution in [-0.4, -0.2) is 17.0 Å². The minimum Gasteiger partial charge on any atom is -0.481 e. The fourth-order valence-corrected chi connectivity index (χ4v) is 2.44. The summed E-state index contributed by atoms with van der Waals surface area (Å²) in [6.45, 7) is 3.42. The molecule has 0 saturated heterocycles. The third-order valence-electron chi connectivity index (χ3n) is 3.83. The number of rotatable bonds is 6. The van der Waals surface area contributed by atoms with E-state index in [0.717, 1.165) is 16.7 Å². The Morgan fingerprint density at radius 2 is 1.71 bits per heavy atom. The topological polar surface area (TPSA) is 66.4 Å². The van der Waals surface area contributed by atoms with E-state index in [1.54, 1.807) is 0 Å². The minimum atomic E-state index is -1.08. The van der Waals surface area contributed by atoms with Crippen LogP contribution in [0.5, 0.6) is 0 Å². The van der Waals surface area contributed by atoms with Crippen LogP contribution in [0.1, 0.15) is 25.8 Å². The average molecular weight is 346 g/mol. The van der Waals surface area contributed by atoms with Crippen molar-refractivity contribution in [1.29, 1.82) is 0 Å². The van der Waals surface area contributed by atoms with E-state index >= 15 is 0 Å². The molecule has 0 saturated carbocycles. The van der Waals surface area contributed by atoms with Crippen molar-refractivity contribution in [3.8, 4) is 11.1 Å². The SMILES string of the molecule is CC(C)(CC(=O)NCc1ccccc1-c1ccc(Cl)cc1)C(=O)O. The number of nitrogens with one attached hydrogen (secondary N) is 1. The molecule has 0 aliphatic carbocycles. The van der Waals surface area contributed by atoms with Gasteiger partial charge in [-0.3, -0.25) is 9.59 Å². The van der Waals surface area contributed by atoms with Crippen LogP contribution in [0.3, 0.4) is 0 Å². The van der Waals surface area contributed by atoms with Gasteiger partial charge in [0.25, 0.3) is 0 Å². The maximum absolute atomic E-state index is 12.0. The number of benzene rings is 2. The highest BCUT2D eigenvalue weighted by molar-refractivity contribution is 6.30. The third kappa shape index (κ3) is 4.59. The highest BCUT2D eigenvalue weighted by atomic mass is 35.5. The first-order chi connectivity index (χ1) is 11.3. The molecular formula is C19H20ClNO3. The number of carbonyl (C=O) groups is 2. The lowest BCUT2D eigenvalue weighted by atomic mass is 9.89. The van der Waals surface area contributed by atoms with Crippen LogP contribution in [0.15, 0.2) is 48.5 Å². The van der Waals surface area contributed by atoms with Crippen LogP contribution >= 0.6 is 11.6 Å². The molecule has 24 heavy (non-hydrogen) atoms. The van der Waals surface area contributed by atoms with Gasteiger partial charge in [0.05, 0.1) is 5.41 Å². The largest absolute Gasteiger partial charge is 0.481 e. The van der Waals surface area contributed by atoms with Gasteiger partial charge in [0.15, 0.2) is 0 Å². The molecular weight excluding hydrogens is 326 g/mol. The van der Waals surface area contributed by atoms with Crippen LogP contribution in [-0.2, 0) is 16.1 Å². The van der Waals surface area contributed by atoms with Crippen molar-refractivity contribution in [2.75, 3.05) is 0 Å². The fraction of sp³-hybridized carbons (Fsp3) is 0.263.